The maximum atomic E-state index is 11.8. The SMILES string of the molecule is CC(C)(CC(=O)O)NS(=O)(=O)CC1CCCO1. The van der Waals surface area contributed by atoms with Gasteiger partial charge in [0.25, 0.3) is 0 Å². The number of carbonyl (C=O) groups is 1. The first-order chi connectivity index (χ1) is 7.70. The van der Waals surface area contributed by atoms with Gasteiger partial charge in [0, 0.05) is 12.1 Å². The molecule has 1 saturated heterocycles. The molecule has 0 aromatic heterocycles. The van der Waals surface area contributed by atoms with E-state index in [4.69, 9.17) is 9.84 Å². The Bertz CT molecular complexity index is 370. The third-order valence-electron chi connectivity index (χ3n) is 2.45. The van der Waals surface area contributed by atoms with Gasteiger partial charge in [-0.25, -0.2) is 13.1 Å². The summed E-state index contributed by atoms with van der Waals surface area (Å²) in [6.45, 7) is 3.70. The minimum atomic E-state index is -3.51. The van der Waals surface area contributed by atoms with Crippen LogP contribution in [0.4, 0.5) is 0 Å². The number of ether oxygens (including phenoxy) is 1. The fourth-order valence-corrected chi connectivity index (χ4v) is 3.65. The molecule has 1 fully saturated rings. The second-order valence-electron chi connectivity index (χ2n) is 4.97. The summed E-state index contributed by atoms with van der Waals surface area (Å²) in [7, 11) is -3.51. The molecule has 6 nitrogen and oxygen atoms in total. The van der Waals surface area contributed by atoms with Crippen molar-refractivity contribution in [2.75, 3.05) is 12.4 Å². The van der Waals surface area contributed by atoms with Crippen molar-refractivity contribution in [2.45, 2.75) is 44.8 Å². The molecule has 0 aromatic carbocycles. The van der Waals surface area contributed by atoms with E-state index in [1.165, 1.54) is 0 Å². The predicted molar refractivity (Wildman–Crippen MR) is 62.2 cm³/mol. The molecule has 7 heteroatoms. The number of hydrogen-bond acceptors (Lipinski definition) is 4. The van der Waals surface area contributed by atoms with E-state index >= 15 is 0 Å². The van der Waals surface area contributed by atoms with E-state index in [2.05, 4.69) is 4.72 Å². The lowest BCUT2D eigenvalue weighted by Crippen LogP contribution is -2.47. The van der Waals surface area contributed by atoms with Crippen LogP contribution in [-0.4, -0.2) is 43.5 Å². The Morgan fingerprint density at radius 3 is 2.65 bits per heavy atom. The molecule has 1 atom stereocenters. The lowest BCUT2D eigenvalue weighted by Gasteiger charge is -2.24. The van der Waals surface area contributed by atoms with Crippen LogP contribution in [0.5, 0.6) is 0 Å². The first-order valence-corrected chi connectivity index (χ1v) is 7.20. The second kappa shape index (κ2) is 5.32. The minimum absolute atomic E-state index is 0.101. The van der Waals surface area contributed by atoms with Gasteiger partial charge in [-0.1, -0.05) is 0 Å². The van der Waals surface area contributed by atoms with Gasteiger partial charge in [-0.05, 0) is 26.7 Å². The minimum Gasteiger partial charge on any atom is -0.481 e. The Labute approximate surface area is 101 Å². The van der Waals surface area contributed by atoms with E-state index in [1.807, 2.05) is 0 Å². The molecular formula is C10H19NO5S. The maximum absolute atomic E-state index is 11.8. The van der Waals surface area contributed by atoms with Gasteiger partial charge in [-0.2, -0.15) is 0 Å². The maximum Gasteiger partial charge on any atom is 0.305 e. The molecule has 0 saturated carbocycles. The number of aliphatic carboxylic acids is 1. The fraction of sp³-hybridized carbons (Fsp3) is 0.900. The van der Waals surface area contributed by atoms with Crippen LogP contribution in [0.15, 0.2) is 0 Å². The van der Waals surface area contributed by atoms with Gasteiger partial charge in [0.1, 0.15) is 0 Å². The van der Waals surface area contributed by atoms with Gasteiger partial charge in [0.2, 0.25) is 10.0 Å². The molecule has 1 aliphatic rings. The van der Waals surface area contributed by atoms with Crippen LogP contribution in [0.2, 0.25) is 0 Å². The monoisotopic (exact) mass is 265 g/mol. The molecule has 100 valence electrons. The number of carboxylic acids is 1. The van der Waals surface area contributed by atoms with Crippen LogP contribution < -0.4 is 4.72 Å². The van der Waals surface area contributed by atoms with Crippen molar-refractivity contribution >= 4 is 16.0 Å². The highest BCUT2D eigenvalue weighted by molar-refractivity contribution is 7.89. The van der Waals surface area contributed by atoms with Crippen LogP contribution >= 0.6 is 0 Å². The summed E-state index contributed by atoms with van der Waals surface area (Å²) >= 11 is 0. The molecule has 2 N–H and O–H groups in total. The average Bonchev–Trinajstić information content (AvgIpc) is 2.49. The average molecular weight is 265 g/mol. The van der Waals surface area contributed by atoms with Gasteiger partial charge in [0.05, 0.1) is 18.3 Å². The summed E-state index contributed by atoms with van der Waals surface area (Å²) in [6, 6.07) is 0. The van der Waals surface area contributed by atoms with Gasteiger partial charge in [-0.15, -0.1) is 0 Å². The van der Waals surface area contributed by atoms with E-state index in [1.54, 1.807) is 13.8 Å². The van der Waals surface area contributed by atoms with E-state index in [9.17, 15) is 13.2 Å². The molecular weight excluding hydrogens is 246 g/mol. The Kier molecular flexibility index (Phi) is 4.51. The highest BCUT2D eigenvalue weighted by Gasteiger charge is 2.30. The van der Waals surface area contributed by atoms with Crippen molar-refractivity contribution in [3.05, 3.63) is 0 Å². The molecule has 1 aliphatic heterocycles. The summed E-state index contributed by atoms with van der Waals surface area (Å²) in [5.41, 5.74) is -0.983. The zero-order valence-corrected chi connectivity index (χ0v) is 10.9. The molecule has 0 spiro atoms. The summed E-state index contributed by atoms with van der Waals surface area (Å²) in [5, 5.41) is 8.67. The Morgan fingerprint density at radius 2 is 2.18 bits per heavy atom. The van der Waals surface area contributed by atoms with Crippen LogP contribution in [0.1, 0.15) is 33.1 Å². The quantitative estimate of drug-likeness (QED) is 0.722. The van der Waals surface area contributed by atoms with E-state index < -0.39 is 21.5 Å². The Balaban J connectivity index is 2.55. The zero-order chi connectivity index (χ0) is 13.1. The molecule has 0 bridgehead atoms. The van der Waals surface area contributed by atoms with Gasteiger partial charge < -0.3 is 9.84 Å². The van der Waals surface area contributed by atoms with Gasteiger partial charge >= 0.3 is 5.97 Å². The van der Waals surface area contributed by atoms with Crippen LogP contribution in [-0.2, 0) is 19.6 Å². The summed E-state index contributed by atoms with van der Waals surface area (Å²) in [6.07, 6.45) is 1.09. The van der Waals surface area contributed by atoms with E-state index in [-0.39, 0.29) is 18.3 Å². The molecule has 1 unspecified atom stereocenters. The lowest BCUT2D eigenvalue weighted by atomic mass is 10.0. The summed E-state index contributed by atoms with van der Waals surface area (Å²) in [5.74, 6) is -1.13. The van der Waals surface area contributed by atoms with Crippen molar-refractivity contribution in [3.8, 4) is 0 Å². The van der Waals surface area contributed by atoms with E-state index in [0.717, 1.165) is 12.8 Å². The molecule has 1 rings (SSSR count). The Hall–Kier alpha value is -0.660. The zero-order valence-electron chi connectivity index (χ0n) is 10.1. The molecule has 17 heavy (non-hydrogen) atoms. The first kappa shape index (κ1) is 14.4. The molecule has 0 aliphatic carbocycles. The largest absolute Gasteiger partial charge is 0.481 e. The summed E-state index contributed by atoms with van der Waals surface area (Å²) in [4.78, 5) is 10.6. The summed E-state index contributed by atoms with van der Waals surface area (Å²) < 4.78 is 31.3. The third kappa shape index (κ3) is 5.47. The van der Waals surface area contributed by atoms with Crippen molar-refractivity contribution in [1.29, 1.82) is 0 Å². The standard InChI is InChI=1S/C10H19NO5S/c1-10(2,6-9(12)13)11-17(14,15)7-8-4-3-5-16-8/h8,11H,3-7H2,1-2H3,(H,12,13). The van der Waals surface area contributed by atoms with Gasteiger partial charge in [-0.3, -0.25) is 4.79 Å². The van der Waals surface area contributed by atoms with Crippen molar-refractivity contribution in [2.24, 2.45) is 0 Å². The van der Waals surface area contributed by atoms with Crippen LogP contribution in [0.25, 0.3) is 0 Å². The highest BCUT2D eigenvalue weighted by Crippen LogP contribution is 2.16. The topological polar surface area (TPSA) is 92.7 Å². The predicted octanol–water partition coefficient (Wildman–Crippen LogP) is 0.338. The Morgan fingerprint density at radius 1 is 1.53 bits per heavy atom. The molecule has 0 aromatic rings. The normalized spacial score (nSPS) is 21.6. The fourth-order valence-electron chi connectivity index (χ4n) is 1.90. The number of hydrogen-bond donors (Lipinski definition) is 2. The van der Waals surface area contributed by atoms with E-state index in [0.29, 0.717) is 6.61 Å². The number of rotatable bonds is 6. The molecule has 1 heterocycles. The third-order valence-corrected chi connectivity index (χ3v) is 4.13. The van der Waals surface area contributed by atoms with Crippen molar-refractivity contribution in [1.82, 2.24) is 4.72 Å². The highest BCUT2D eigenvalue weighted by atomic mass is 32.2. The second-order valence-corrected chi connectivity index (χ2v) is 6.74. The van der Waals surface area contributed by atoms with Gasteiger partial charge in [0.15, 0.2) is 0 Å². The number of nitrogens with one attached hydrogen (secondary N) is 1. The van der Waals surface area contributed by atoms with Crippen molar-refractivity contribution in [3.63, 3.8) is 0 Å². The van der Waals surface area contributed by atoms with Crippen LogP contribution in [0.3, 0.4) is 0 Å². The first-order valence-electron chi connectivity index (χ1n) is 5.55. The smallest absolute Gasteiger partial charge is 0.305 e. The number of sulfonamides is 1. The molecule has 0 amide bonds. The molecule has 0 radical (unpaired) electrons. The van der Waals surface area contributed by atoms with Crippen molar-refractivity contribution < 1.29 is 23.1 Å². The lowest BCUT2D eigenvalue weighted by molar-refractivity contribution is -0.138. The van der Waals surface area contributed by atoms with Crippen LogP contribution in [0, 0.1) is 0 Å². The number of carboxylic acid groups (broad SMARTS) is 1.